The molecule has 0 spiro atoms. The standard InChI is InChI=1S/C16H13N5O/c1-11-12(2)21(10-14-4-3-5-22-14)16(15(11)8-19)20-9-13(6-17)7-18/h3-5,9,20H,10H2,1-2H3. The Morgan fingerprint density at radius 3 is 2.59 bits per heavy atom. The van der Waals surface area contributed by atoms with Gasteiger partial charge in [0.2, 0.25) is 0 Å². The third-order valence-corrected chi connectivity index (χ3v) is 3.43. The highest BCUT2D eigenvalue weighted by atomic mass is 16.3. The summed E-state index contributed by atoms with van der Waals surface area (Å²) in [7, 11) is 0. The molecule has 0 fully saturated rings. The van der Waals surface area contributed by atoms with E-state index in [1.807, 2.05) is 24.5 Å². The Balaban J connectivity index is 2.49. The zero-order chi connectivity index (χ0) is 16.1. The first kappa shape index (κ1) is 15.0. The fourth-order valence-corrected chi connectivity index (χ4v) is 2.14. The van der Waals surface area contributed by atoms with Crippen molar-refractivity contribution in [2.24, 2.45) is 0 Å². The molecule has 0 saturated carbocycles. The van der Waals surface area contributed by atoms with Gasteiger partial charge in [0.15, 0.2) is 0 Å². The molecule has 0 aliphatic rings. The molecule has 6 nitrogen and oxygen atoms in total. The molecule has 0 aliphatic carbocycles. The van der Waals surface area contributed by atoms with Crippen molar-refractivity contribution in [3.8, 4) is 18.2 Å². The monoisotopic (exact) mass is 291 g/mol. The van der Waals surface area contributed by atoms with Crippen molar-refractivity contribution in [3.63, 3.8) is 0 Å². The maximum absolute atomic E-state index is 9.37. The van der Waals surface area contributed by atoms with Crippen LogP contribution in [0.5, 0.6) is 0 Å². The van der Waals surface area contributed by atoms with Crippen LogP contribution in [0, 0.1) is 47.8 Å². The van der Waals surface area contributed by atoms with E-state index in [1.165, 1.54) is 6.20 Å². The summed E-state index contributed by atoms with van der Waals surface area (Å²) >= 11 is 0. The third-order valence-electron chi connectivity index (χ3n) is 3.43. The van der Waals surface area contributed by atoms with E-state index in [0.717, 1.165) is 17.0 Å². The number of nitriles is 3. The summed E-state index contributed by atoms with van der Waals surface area (Å²) in [6, 6.07) is 9.34. The van der Waals surface area contributed by atoms with Gasteiger partial charge < -0.3 is 14.3 Å². The van der Waals surface area contributed by atoms with Crippen molar-refractivity contribution < 1.29 is 4.42 Å². The quantitative estimate of drug-likeness (QED) is 0.872. The van der Waals surface area contributed by atoms with Crippen LogP contribution in [0.25, 0.3) is 0 Å². The van der Waals surface area contributed by atoms with Gasteiger partial charge in [0, 0.05) is 11.9 Å². The molecule has 108 valence electrons. The summed E-state index contributed by atoms with van der Waals surface area (Å²) in [4.78, 5) is 0. The highest BCUT2D eigenvalue weighted by molar-refractivity contribution is 5.62. The highest BCUT2D eigenvalue weighted by Crippen LogP contribution is 2.27. The number of aromatic nitrogens is 1. The molecule has 0 bridgehead atoms. The molecule has 0 radical (unpaired) electrons. The zero-order valence-corrected chi connectivity index (χ0v) is 12.2. The molecule has 0 amide bonds. The van der Waals surface area contributed by atoms with Crippen LogP contribution in [-0.4, -0.2) is 4.57 Å². The first-order valence-corrected chi connectivity index (χ1v) is 6.51. The van der Waals surface area contributed by atoms with Crippen LogP contribution in [0.15, 0.2) is 34.6 Å². The Bertz CT molecular complexity index is 819. The van der Waals surface area contributed by atoms with Gasteiger partial charge in [-0.05, 0) is 31.5 Å². The number of nitrogens with zero attached hydrogens (tertiary/aromatic N) is 4. The van der Waals surface area contributed by atoms with Crippen molar-refractivity contribution >= 4 is 5.82 Å². The van der Waals surface area contributed by atoms with Gasteiger partial charge >= 0.3 is 0 Å². The maximum atomic E-state index is 9.37. The first-order valence-electron chi connectivity index (χ1n) is 6.51. The molecule has 2 rings (SSSR count). The van der Waals surface area contributed by atoms with Gasteiger partial charge in [-0.2, -0.15) is 15.8 Å². The van der Waals surface area contributed by atoms with E-state index in [-0.39, 0.29) is 5.57 Å². The normalized spacial score (nSPS) is 9.41. The molecule has 0 aromatic carbocycles. The smallest absolute Gasteiger partial charge is 0.145 e. The van der Waals surface area contributed by atoms with Crippen LogP contribution in [0.4, 0.5) is 5.82 Å². The van der Waals surface area contributed by atoms with Crippen LogP contribution in [0.2, 0.25) is 0 Å². The van der Waals surface area contributed by atoms with E-state index in [4.69, 9.17) is 14.9 Å². The summed E-state index contributed by atoms with van der Waals surface area (Å²) in [6.45, 7) is 4.21. The number of hydrogen-bond donors (Lipinski definition) is 1. The predicted octanol–water partition coefficient (Wildman–Crippen LogP) is 2.96. The minimum Gasteiger partial charge on any atom is -0.467 e. The third kappa shape index (κ3) is 2.70. The lowest BCUT2D eigenvalue weighted by Gasteiger charge is -2.10. The number of anilines is 1. The average Bonchev–Trinajstić information content (AvgIpc) is 3.11. The van der Waals surface area contributed by atoms with E-state index in [0.29, 0.717) is 17.9 Å². The van der Waals surface area contributed by atoms with Crippen LogP contribution in [0.3, 0.4) is 0 Å². The molecule has 2 heterocycles. The van der Waals surface area contributed by atoms with E-state index >= 15 is 0 Å². The van der Waals surface area contributed by atoms with E-state index in [9.17, 15) is 5.26 Å². The van der Waals surface area contributed by atoms with Gasteiger partial charge in [-0.3, -0.25) is 0 Å². The van der Waals surface area contributed by atoms with Crippen LogP contribution < -0.4 is 5.32 Å². The van der Waals surface area contributed by atoms with Crippen molar-refractivity contribution in [1.82, 2.24) is 4.57 Å². The minimum absolute atomic E-state index is 0.0649. The molecular weight excluding hydrogens is 278 g/mol. The molecule has 1 N–H and O–H groups in total. The molecule has 2 aromatic rings. The molecule has 2 aromatic heterocycles. The Morgan fingerprint density at radius 1 is 1.32 bits per heavy atom. The molecule has 0 aliphatic heterocycles. The van der Waals surface area contributed by atoms with E-state index in [1.54, 1.807) is 24.5 Å². The fourth-order valence-electron chi connectivity index (χ4n) is 2.14. The van der Waals surface area contributed by atoms with Crippen LogP contribution in [0.1, 0.15) is 22.6 Å². The number of nitrogens with one attached hydrogen (secondary N) is 1. The fraction of sp³-hybridized carbons (Fsp3) is 0.188. The van der Waals surface area contributed by atoms with Gasteiger partial charge in [0.05, 0.1) is 18.4 Å². The zero-order valence-electron chi connectivity index (χ0n) is 12.2. The first-order chi connectivity index (χ1) is 10.6. The summed E-state index contributed by atoms with van der Waals surface area (Å²) in [5.74, 6) is 1.28. The van der Waals surface area contributed by atoms with E-state index in [2.05, 4.69) is 11.4 Å². The molecule has 0 atom stereocenters. The lowest BCUT2D eigenvalue weighted by molar-refractivity contribution is 0.493. The second-order valence-electron chi connectivity index (χ2n) is 4.64. The van der Waals surface area contributed by atoms with Crippen molar-refractivity contribution in [1.29, 1.82) is 15.8 Å². The largest absolute Gasteiger partial charge is 0.467 e. The lowest BCUT2D eigenvalue weighted by Crippen LogP contribution is -2.06. The van der Waals surface area contributed by atoms with Crippen molar-refractivity contribution in [2.45, 2.75) is 20.4 Å². The summed E-state index contributed by atoms with van der Waals surface area (Å²) < 4.78 is 7.23. The Kier molecular flexibility index (Phi) is 4.32. The summed E-state index contributed by atoms with van der Waals surface area (Å²) in [5, 5.41) is 29.9. The van der Waals surface area contributed by atoms with Gasteiger partial charge in [-0.15, -0.1) is 0 Å². The van der Waals surface area contributed by atoms with Crippen LogP contribution >= 0.6 is 0 Å². The predicted molar refractivity (Wildman–Crippen MR) is 79.4 cm³/mol. The van der Waals surface area contributed by atoms with Crippen molar-refractivity contribution in [2.75, 3.05) is 5.32 Å². The number of allylic oxidation sites excluding steroid dienone is 1. The second kappa shape index (κ2) is 6.35. The molecular formula is C16H13N5O. The molecule has 0 saturated heterocycles. The summed E-state index contributed by atoms with van der Waals surface area (Å²) in [5.41, 5.74) is 2.18. The topological polar surface area (TPSA) is 101 Å². The van der Waals surface area contributed by atoms with Gasteiger partial charge in [0.1, 0.15) is 35.4 Å². The van der Waals surface area contributed by atoms with Gasteiger partial charge in [0.25, 0.3) is 0 Å². The number of furan rings is 1. The molecule has 6 heteroatoms. The average molecular weight is 291 g/mol. The van der Waals surface area contributed by atoms with Crippen LogP contribution in [-0.2, 0) is 6.54 Å². The number of rotatable bonds is 4. The van der Waals surface area contributed by atoms with Crippen molar-refractivity contribution in [3.05, 3.63) is 52.8 Å². The lowest BCUT2D eigenvalue weighted by atomic mass is 10.2. The highest BCUT2D eigenvalue weighted by Gasteiger charge is 2.18. The maximum Gasteiger partial charge on any atom is 0.145 e. The molecule has 0 unspecified atom stereocenters. The Labute approximate surface area is 128 Å². The Hall–Kier alpha value is -3.43. The van der Waals surface area contributed by atoms with Gasteiger partial charge in [-0.1, -0.05) is 0 Å². The number of hydrogen-bond acceptors (Lipinski definition) is 5. The second-order valence-corrected chi connectivity index (χ2v) is 4.64. The SMILES string of the molecule is Cc1c(C#N)c(NC=C(C#N)C#N)n(Cc2ccco2)c1C. The van der Waals surface area contributed by atoms with E-state index < -0.39 is 0 Å². The van der Waals surface area contributed by atoms with Gasteiger partial charge in [-0.25, -0.2) is 0 Å². The Morgan fingerprint density at radius 2 is 2.05 bits per heavy atom. The molecule has 22 heavy (non-hydrogen) atoms. The summed E-state index contributed by atoms with van der Waals surface area (Å²) in [6.07, 6.45) is 2.89. The minimum atomic E-state index is -0.0649.